The van der Waals surface area contributed by atoms with Crippen LogP contribution in [0.3, 0.4) is 0 Å². The molecule has 1 rings (SSSR count). The molecule has 1 nitrogen and oxygen atoms in total. The van der Waals surface area contributed by atoms with Gasteiger partial charge in [-0.05, 0) is 17.7 Å². The van der Waals surface area contributed by atoms with Crippen molar-refractivity contribution >= 4 is 23.2 Å². The fourth-order valence-corrected chi connectivity index (χ4v) is 2.16. The van der Waals surface area contributed by atoms with Crippen LogP contribution in [0.25, 0.3) is 0 Å². The second-order valence-corrected chi connectivity index (χ2v) is 4.50. The molecular formula is C11H17Cl2N. The lowest BCUT2D eigenvalue weighted by atomic mass is 9.85. The van der Waals surface area contributed by atoms with E-state index in [0.717, 1.165) is 5.56 Å². The number of benzene rings is 1. The average molecular weight is 234 g/mol. The van der Waals surface area contributed by atoms with Crippen molar-refractivity contribution in [2.75, 3.05) is 6.54 Å². The summed E-state index contributed by atoms with van der Waals surface area (Å²) < 4.78 is 0. The van der Waals surface area contributed by atoms with Gasteiger partial charge >= 0.3 is 0 Å². The number of rotatable bonds is 2. The third-order valence-corrected chi connectivity index (χ3v) is 2.78. The van der Waals surface area contributed by atoms with E-state index in [0.29, 0.717) is 16.6 Å². The molecule has 0 unspecified atom stereocenters. The van der Waals surface area contributed by atoms with Crippen molar-refractivity contribution in [2.24, 2.45) is 5.73 Å². The maximum absolute atomic E-state index is 6.05. The first-order valence-electron chi connectivity index (χ1n) is 4.13. The van der Waals surface area contributed by atoms with Crippen molar-refractivity contribution in [1.82, 2.24) is 0 Å². The van der Waals surface area contributed by atoms with Crippen molar-refractivity contribution in [3.8, 4) is 0 Å². The van der Waals surface area contributed by atoms with Crippen LogP contribution in [0.4, 0.5) is 0 Å². The third kappa shape index (κ3) is 2.63. The summed E-state index contributed by atoms with van der Waals surface area (Å²) in [5.74, 6) is 0. The van der Waals surface area contributed by atoms with Crippen LogP contribution in [0.2, 0.25) is 10.0 Å². The summed E-state index contributed by atoms with van der Waals surface area (Å²) in [5.41, 5.74) is 6.42. The molecule has 0 radical (unpaired) electrons. The molecule has 0 saturated carbocycles. The van der Waals surface area contributed by atoms with Crippen LogP contribution in [0.15, 0.2) is 18.2 Å². The number of nitrogens with two attached hydrogens (primary N) is 1. The van der Waals surface area contributed by atoms with Crippen molar-refractivity contribution in [3.63, 3.8) is 0 Å². The van der Waals surface area contributed by atoms with E-state index in [4.69, 9.17) is 28.9 Å². The highest BCUT2D eigenvalue weighted by Crippen LogP contribution is 2.34. The van der Waals surface area contributed by atoms with Gasteiger partial charge < -0.3 is 5.73 Å². The molecule has 14 heavy (non-hydrogen) atoms. The minimum absolute atomic E-state index is 0. The Morgan fingerprint density at radius 3 is 2.00 bits per heavy atom. The first-order chi connectivity index (χ1) is 5.99. The van der Waals surface area contributed by atoms with E-state index in [1.54, 1.807) is 0 Å². The van der Waals surface area contributed by atoms with Gasteiger partial charge in [0, 0.05) is 22.0 Å². The smallest absolute Gasteiger partial charge is 0.0458 e. The van der Waals surface area contributed by atoms with E-state index in [1.165, 1.54) is 0 Å². The second-order valence-electron chi connectivity index (χ2n) is 3.68. The maximum atomic E-state index is 6.05. The lowest BCUT2D eigenvalue weighted by Crippen LogP contribution is -2.28. The highest BCUT2D eigenvalue weighted by molar-refractivity contribution is 6.36. The lowest BCUT2D eigenvalue weighted by molar-refractivity contribution is 0.539. The Balaban J connectivity index is 0.00000169. The monoisotopic (exact) mass is 233 g/mol. The first-order valence-corrected chi connectivity index (χ1v) is 4.89. The van der Waals surface area contributed by atoms with Crippen LogP contribution in [0.5, 0.6) is 0 Å². The highest BCUT2D eigenvalue weighted by atomic mass is 35.5. The molecule has 1 aromatic carbocycles. The zero-order chi connectivity index (χ0) is 10.1. The summed E-state index contributed by atoms with van der Waals surface area (Å²) in [4.78, 5) is 0. The van der Waals surface area contributed by atoms with E-state index in [2.05, 4.69) is 0 Å². The Kier molecular flexibility index (Phi) is 4.93. The Morgan fingerprint density at radius 1 is 1.21 bits per heavy atom. The topological polar surface area (TPSA) is 26.0 Å². The van der Waals surface area contributed by atoms with Crippen LogP contribution in [0.1, 0.15) is 26.8 Å². The van der Waals surface area contributed by atoms with E-state index in [9.17, 15) is 0 Å². The van der Waals surface area contributed by atoms with Gasteiger partial charge in [0.1, 0.15) is 0 Å². The predicted molar refractivity (Wildman–Crippen MR) is 65.3 cm³/mol. The van der Waals surface area contributed by atoms with E-state index >= 15 is 0 Å². The van der Waals surface area contributed by atoms with Gasteiger partial charge in [-0.3, -0.25) is 0 Å². The molecule has 0 aliphatic heterocycles. The quantitative estimate of drug-likeness (QED) is 0.825. The van der Waals surface area contributed by atoms with Gasteiger partial charge in [0.05, 0.1) is 0 Å². The molecule has 0 atom stereocenters. The van der Waals surface area contributed by atoms with Gasteiger partial charge in [-0.2, -0.15) is 0 Å². The van der Waals surface area contributed by atoms with Crippen LogP contribution in [0, 0.1) is 0 Å². The van der Waals surface area contributed by atoms with Crippen molar-refractivity contribution in [3.05, 3.63) is 33.8 Å². The molecule has 1 aromatic rings. The Hall–Kier alpha value is -0.240. The van der Waals surface area contributed by atoms with Gasteiger partial charge in [-0.25, -0.2) is 0 Å². The fraction of sp³-hybridized carbons (Fsp3) is 0.455. The fourth-order valence-electron chi connectivity index (χ4n) is 1.25. The SMILES string of the molecule is C.CC(C)(CN)c1c(Cl)cccc1Cl. The molecule has 0 amide bonds. The largest absolute Gasteiger partial charge is 0.330 e. The summed E-state index contributed by atoms with van der Waals surface area (Å²) >= 11 is 12.1. The van der Waals surface area contributed by atoms with Crippen LogP contribution >= 0.6 is 23.2 Å². The van der Waals surface area contributed by atoms with E-state index in [1.807, 2.05) is 32.0 Å². The molecule has 0 heterocycles. The standard InChI is InChI=1S/C10H13Cl2N.CH4/c1-10(2,6-13)9-7(11)4-3-5-8(9)12;/h3-5H,6,13H2,1-2H3;1H4. The van der Waals surface area contributed by atoms with Crippen molar-refractivity contribution in [1.29, 1.82) is 0 Å². The molecule has 2 N–H and O–H groups in total. The number of hydrogen-bond acceptors (Lipinski definition) is 1. The highest BCUT2D eigenvalue weighted by Gasteiger charge is 2.23. The average Bonchev–Trinajstić information content (AvgIpc) is 2.03. The molecular weight excluding hydrogens is 217 g/mol. The zero-order valence-electron chi connectivity index (χ0n) is 7.77. The predicted octanol–water partition coefficient (Wildman–Crippen LogP) is 3.87. The molecule has 0 saturated heterocycles. The summed E-state index contributed by atoms with van der Waals surface area (Å²) in [5, 5.41) is 1.37. The van der Waals surface area contributed by atoms with Crippen molar-refractivity contribution in [2.45, 2.75) is 26.7 Å². The molecule has 3 heteroatoms. The summed E-state index contributed by atoms with van der Waals surface area (Å²) in [6.45, 7) is 4.58. The van der Waals surface area contributed by atoms with Crippen LogP contribution < -0.4 is 5.73 Å². The van der Waals surface area contributed by atoms with Crippen molar-refractivity contribution < 1.29 is 0 Å². The Morgan fingerprint density at radius 2 is 1.64 bits per heavy atom. The Labute approximate surface area is 96.2 Å². The molecule has 0 aromatic heterocycles. The number of halogens is 2. The minimum atomic E-state index is -0.171. The molecule has 0 fully saturated rings. The van der Waals surface area contributed by atoms with Gasteiger partial charge in [0.2, 0.25) is 0 Å². The maximum Gasteiger partial charge on any atom is 0.0458 e. The molecule has 0 aliphatic rings. The normalized spacial score (nSPS) is 10.9. The van der Waals surface area contributed by atoms with Crippen LogP contribution in [-0.2, 0) is 5.41 Å². The van der Waals surface area contributed by atoms with Gasteiger partial charge in [0.25, 0.3) is 0 Å². The van der Waals surface area contributed by atoms with Gasteiger partial charge in [-0.1, -0.05) is 50.5 Å². The molecule has 0 aliphatic carbocycles. The molecule has 80 valence electrons. The summed E-state index contributed by atoms with van der Waals surface area (Å²) in [7, 11) is 0. The van der Waals surface area contributed by atoms with Crippen LogP contribution in [-0.4, -0.2) is 6.54 Å². The summed E-state index contributed by atoms with van der Waals surface area (Å²) in [6.07, 6.45) is 0. The van der Waals surface area contributed by atoms with E-state index < -0.39 is 0 Å². The zero-order valence-corrected chi connectivity index (χ0v) is 9.28. The van der Waals surface area contributed by atoms with Gasteiger partial charge in [-0.15, -0.1) is 0 Å². The summed E-state index contributed by atoms with van der Waals surface area (Å²) in [6, 6.07) is 5.50. The lowest BCUT2D eigenvalue weighted by Gasteiger charge is -2.25. The Bertz CT molecular complexity index is 288. The second kappa shape index (κ2) is 5.01. The third-order valence-electron chi connectivity index (χ3n) is 2.15. The van der Waals surface area contributed by atoms with Gasteiger partial charge in [0.15, 0.2) is 0 Å². The minimum Gasteiger partial charge on any atom is -0.330 e. The van der Waals surface area contributed by atoms with E-state index in [-0.39, 0.29) is 12.8 Å². The number of hydrogen-bond donors (Lipinski definition) is 1. The first kappa shape index (κ1) is 13.8. The molecule has 0 spiro atoms. The molecule has 0 bridgehead atoms.